The monoisotopic (exact) mass is 291 g/mol. The molecule has 3 rings (SSSR count). The Bertz CT molecular complexity index is 544. The maximum Gasteiger partial charge on any atom is 0.284 e. The highest BCUT2D eigenvalue weighted by Crippen LogP contribution is 2.33. The first-order valence-corrected chi connectivity index (χ1v) is 7.74. The predicted molar refractivity (Wildman–Crippen MR) is 81.1 cm³/mol. The van der Waals surface area contributed by atoms with Crippen LogP contribution in [0.5, 0.6) is 0 Å². The first-order chi connectivity index (χ1) is 9.86. The molecule has 2 fully saturated rings. The van der Waals surface area contributed by atoms with E-state index in [1.165, 1.54) is 6.42 Å². The van der Waals surface area contributed by atoms with Crippen LogP contribution in [0, 0.1) is 5.92 Å². The molecule has 2 aliphatic rings. The van der Waals surface area contributed by atoms with E-state index in [-0.39, 0.29) is 11.2 Å². The Morgan fingerprint density at radius 1 is 1.48 bits per heavy atom. The second-order valence-electron chi connectivity index (χ2n) is 7.32. The van der Waals surface area contributed by atoms with Gasteiger partial charge in [0, 0.05) is 30.1 Å². The summed E-state index contributed by atoms with van der Waals surface area (Å²) in [5.74, 6) is 1.43. The average Bonchev–Trinajstić information content (AvgIpc) is 3.05. The van der Waals surface area contributed by atoms with Crippen LogP contribution in [0.15, 0.2) is 10.5 Å². The summed E-state index contributed by atoms with van der Waals surface area (Å²) in [7, 11) is 0. The van der Waals surface area contributed by atoms with E-state index in [4.69, 9.17) is 10.2 Å². The van der Waals surface area contributed by atoms with Crippen molar-refractivity contribution in [2.75, 3.05) is 19.6 Å². The van der Waals surface area contributed by atoms with Crippen LogP contribution in [0.25, 0.3) is 0 Å². The molecule has 3 N–H and O–H groups in total. The van der Waals surface area contributed by atoms with Gasteiger partial charge in [0.25, 0.3) is 5.91 Å². The quantitative estimate of drug-likeness (QED) is 0.884. The summed E-state index contributed by atoms with van der Waals surface area (Å²) in [5.41, 5.74) is 6.35. The lowest BCUT2D eigenvalue weighted by Gasteiger charge is -2.25. The first kappa shape index (κ1) is 14.6. The zero-order valence-electron chi connectivity index (χ0n) is 13.1. The number of rotatable bonds is 3. The Kier molecular flexibility index (Phi) is 3.58. The molecule has 1 aromatic heterocycles. The standard InChI is InChI=1S/C16H25N3O2/c1-16(2,3)14-11(6-13(21-14)15(17)20)9-19-5-4-10-7-18-8-12(10)19/h6,10,12,18H,4-5,7-9H2,1-3H3,(H2,17,20). The van der Waals surface area contributed by atoms with E-state index < -0.39 is 5.91 Å². The maximum absolute atomic E-state index is 11.4. The highest BCUT2D eigenvalue weighted by molar-refractivity contribution is 5.90. The third-order valence-corrected chi connectivity index (χ3v) is 4.67. The number of carbonyl (C=O) groups is 1. The summed E-state index contributed by atoms with van der Waals surface area (Å²) in [4.78, 5) is 13.9. The number of primary amides is 1. The number of fused-ring (bicyclic) bond motifs is 1. The highest BCUT2D eigenvalue weighted by atomic mass is 16.4. The molecule has 3 heterocycles. The zero-order valence-corrected chi connectivity index (χ0v) is 13.1. The molecule has 5 nitrogen and oxygen atoms in total. The normalized spacial score (nSPS) is 26.2. The van der Waals surface area contributed by atoms with Gasteiger partial charge in [-0.25, -0.2) is 0 Å². The van der Waals surface area contributed by atoms with Crippen molar-refractivity contribution in [2.45, 2.75) is 45.2 Å². The van der Waals surface area contributed by atoms with E-state index in [2.05, 4.69) is 31.0 Å². The molecule has 2 atom stereocenters. The van der Waals surface area contributed by atoms with Crippen LogP contribution < -0.4 is 11.1 Å². The summed E-state index contributed by atoms with van der Waals surface area (Å²) < 4.78 is 5.75. The number of nitrogens with zero attached hydrogens (tertiary/aromatic N) is 1. The van der Waals surface area contributed by atoms with Gasteiger partial charge in [0.1, 0.15) is 5.76 Å². The summed E-state index contributed by atoms with van der Waals surface area (Å²) in [6.07, 6.45) is 1.25. The maximum atomic E-state index is 11.4. The molecule has 2 saturated heterocycles. The lowest BCUT2D eigenvalue weighted by Crippen LogP contribution is -2.34. The Labute approximate surface area is 125 Å². The van der Waals surface area contributed by atoms with E-state index in [1.807, 2.05) is 6.07 Å². The van der Waals surface area contributed by atoms with Crippen molar-refractivity contribution < 1.29 is 9.21 Å². The fraction of sp³-hybridized carbons (Fsp3) is 0.688. The van der Waals surface area contributed by atoms with Crippen molar-refractivity contribution in [3.63, 3.8) is 0 Å². The molecule has 0 saturated carbocycles. The molecule has 0 spiro atoms. The van der Waals surface area contributed by atoms with E-state index in [1.54, 1.807) is 0 Å². The minimum Gasteiger partial charge on any atom is -0.455 e. The summed E-state index contributed by atoms with van der Waals surface area (Å²) >= 11 is 0. The molecule has 21 heavy (non-hydrogen) atoms. The van der Waals surface area contributed by atoms with Gasteiger partial charge in [0.2, 0.25) is 0 Å². The molecule has 0 aromatic carbocycles. The number of furan rings is 1. The Morgan fingerprint density at radius 3 is 2.90 bits per heavy atom. The van der Waals surface area contributed by atoms with Crippen LogP contribution in [0.2, 0.25) is 0 Å². The SMILES string of the molecule is CC(C)(C)c1oc(C(N)=O)cc1CN1CCC2CNCC21. The molecule has 2 unspecified atom stereocenters. The Balaban J connectivity index is 1.85. The smallest absolute Gasteiger partial charge is 0.284 e. The molecule has 0 bridgehead atoms. The molecule has 2 aliphatic heterocycles. The minimum absolute atomic E-state index is 0.129. The second kappa shape index (κ2) is 5.14. The number of nitrogens with two attached hydrogens (primary N) is 1. The van der Waals surface area contributed by atoms with Crippen LogP contribution in [-0.4, -0.2) is 36.5 Å². The fourth-order valence-corrected chi connectivity index (χ4v) is 3.66. The molecular weight excluding hydrogens is 266 g/mol. The van der Waals surface area contributed by atoms with E-state index in [0.29, 0.717) is 6.04 Å². The predicted octanol–water partition coefficient (Wildman–Crippen LogP) is 1.47. The van der Waals surface area contributed by atoms with Crippen molar-refractivity contribution in [1.82, 2.24) is 10.2 Å². The number of amides is 1. The number of hydrogen-bond acceptors (Lipinski definition) is 4. The molecule has 5 heteroatoms. The largest absolute Gasteiger partial charge is 0.455 e. The van der Waals surface area contributed by atoms with Crippen molar-refractivity contribution in [2.24, 2.45) is 11.7 Å². The van der Waals surface area contributed by atoms with Gasteiger partial charge in [-0.2, -0.15) is 0 Å². The highest BCUT2D eigenvalue weighted by Gasteiger charge is 2.38. The Morgan fingerprint density at radius 2 is 2.24 bits per heavy atom. The van der Waals surface area contributed by atoms with Crippen LogP contribution in [-0.2, 0) is 12.0 Å². The molecule has 1 amide bonds. The number of likely N-dealkylation sites (tertiary alicyclic amines) is 1. The van der Waals surface area contributed by atoms with Crippen molar-refractivity contribution in [3.8, 4) is 0 Å². The van der Waals surface area contributed by atoms with Crippen LogP contribution in [0.4, 0.5) is 0 Å². The van der Waals surface area contributed by atoms with Gasteiger partial charge in [-0.15, -0.1) is 0 Å². The van der Waals surface area contributed by atoms with Gasteiger partial charge in [0.05, 0.1) is 0 Å². The van der Waals surface area contributed by atoms with Gasteiger partial charge in [-0.05, 0) is 31.5 Å². The van der Waals surface area contributed by atoms with E-state index in [0.717, 1.165) is 43.4 Å². The van der Waals surface area contributed by atoms with Gasteiger partial charge in [-0.3, -0.25) is 9.69 Å². The fourth-order valence-electron chi connectivity index (χ4n) is 3.66. The lowest BCUT2D eigenvalue weighted by atomic mass is 9.90. The van der Waals surface area contributed by atoms with E-state index >= 15 is 0 Å². The molecule has 0 aliphatic carbocycles. The summed E-state index contributed by atoms with van der Waals surface area (Å²) in [5, 5.41) is 3.47. The number of carbonyl (C=O) groups excluding carboxylic acids is 1. The second-order valence-corrected chi connectivity index (χ2v) is 7.32. The van der Waals surface area contributed by atoms with Crippen LogP contribution in [0.3, 0.4) is 0 Å². The molecule has 1 aromatic rings. The average molecular weight is 291 g/mol. The van der Waals surface area contributed by atoms with Crippen molar-refractivity contribution >= 4 is 5.91 Å². The topological polar surface area (TPSA) is 71.5 Å². The Hall–Kier alpha value is -1.33. The zero-order chi connectivity index (χ0) is 15.2. The van der Waals surface area contributed by atoms with Crippen LogP contribution in [0.1, 0.15) is 49.1 Å². The van der Waals surface area contributed by atoms with Gasteiger partial charge in [0.15, 0.2) is 5.76 Å². The number of nitrogens with one attached hydrogen (secondary N) is 1. The third-order valence-electron chi connectivity index (χ3n) is 4.67. The number of hydrogen-bond donors (Lipinski definition) is 2. The van der Waals surface area contributed by atoms with Crippen LogP contribution >= 0.6 is 0 Å². The van der Waals surface area contributed by atoms with Gasteiger partial charge < -0.3 is 15.5 Å². The lowest BCUT2D eigenvalue weighted by molar-refractivity contribution is 0.0970. The van der Waals surface area contributed by atoms with Gasteiger partial charge >= 0.3 is 0 Å². The molecule has 116 valence electrons. The molecule has 0 radical (unpaired) electrons. The minimum atomic E-state index is -0.492. The molecular formula is C16H25N3O2. The summed E-state index contributed by atoms with van der Waals surface area (Å²) in [6.45, 7) is 10.5. The summed E-state index contributed by atoms with van der Waals surface area (Å²) in [6, 6.07) is 2.45. The van der Waals surface area contributed by atoms with Crippen molar-refractivity contribution in [1.29, 1.82) is 0 Å². The van der Waals surface area contributed by atoms with Gasteiger partial charge in [-0.1, -0.05) is 20.8 Å². The third kappa shape index (κ3) is 2.72. The van der Waals surface area contributed by atoms with E-state index in [9.17, 15) is 4.79 Å². The van der Waals surface area contributed by atoms with Crippen molar-refractivity contribution in [3.05, 3.63) is 23.2 Å². The first-order valence-electron chi connectivity index (χ1n) is 7.74.